The zero-order valence-corrected chi connectivity index (χ0v) is 12.2. The summed E-state index contributed by atoms with van der Waals surface area (Å²) in [6, 6.07) is 7.61. The average Bonchev–Trinajstić information content (AvgIpc) is 2.87. The molecule has 1 amide bonds. The van der Waals surface area contributed by atoms with E-state index in [1.807, 2.05) is 36.2 Å². The summed E-state index contributed by atoms with van der Waals surface area (Å²) >= 11 is 0. The van der Waals surface area contributed by atoms with Crippen LogP contribution >= 0.6 is 0 Å². The zero-order chi connectivity index (χ0) is 14.5. The van der Waals surface area contributed by atoms with Crippen molar-refractivity contribution >= 4 is 16.8 Å². The van der Waals surface area contributed by atoms with E-state index in [2.05, 4.69) is 18.0 Å². The van der Waals surface area contributed by atoms with Crippen LogP contribution in [0.5, 0.6) is 0 Å². The third kappa shape index (κ3) is 3.02. The third-order valence-corrected chi connectivity index (χ3v) is 3.62. The first-order chi connectivity index (χ1) is 9.67. The van der Waals surface area contributed by atoms with Crippen molar-refractivity contribution in [2.24, 2.45) is 5.73 Å². The molecule has 0 saturated carbocycles. The van der Waals surface area contributed by atoms with E-state index in [4.69, 9.17) is 5.73 Å². The number of likely N-dealkylation sites (N-methyl/N-ethyl adjacent to an activating group) is 1. The molecule has 1 aromatic heterocycles. The van der Waals surface area contributed by atoms with Crippen LogP contribution in [0, 0.1) is 0 Å². The minimum Gasteiger partial charge on any atom is -0.361 e. The van der Waals surface area contributed by atoms with Crippen LogP contribution in [-0.2, 0) is 11.2 Å². The van der Waals surface area contributed by atoms with Crippen LogP contribution < -0.4 is 5.73 Å². The molecule has 4 heteroatoms. The van der Waals surface area contributed by atoms with Gasteiger partial charge in [0.25, 0.3) is 0 Å². The minimum absolute atomic E-state index is 0.0413. The van der Waals surface area contributed by atoms with Crippen molar-refractivity contribution < 1.29 is 4.79 Å². The molecule has 4 nitrogen and oxygen atoms in total. The second-order valence-corrected chi connectivity index (χ2v) is 5.09. The van der Waals surface area contributed by atoms with Gasteiger partial charge in [-0.1, -0.05) is 25.1 Å². The maximum Gasteiger partial charge on any atom is 0.239 e. The molecule has 1 atom stereocenters. The van der Waals surface area contributed by atoms with Gasteiger partial charge in [-0.3, -0.25) is 4.79 Å². The summed E-state index contributed by atoms with van der Waals surface area (Å²) in [6.07, 6.45) is 3.48. The molecule has 3 N–H and O–H groups in total. The number of fused-ring (bicyclic) bond motifs is 1. The molecule has 0 fully saturated rings. The van der Waals surface area contributed by atoms with Gasteiger partial charge in [-0.05, 0) is 31.4 Å². The van der Waals surface area contributed by atoms with E-state index in [1.54, 1.807) is 0 Å². The molecule has 20 heavy (non-hydrogen) atoms. The summed E-state index contributed by atoms with van der Waals surface area (Å²) in [7, 11) is 0. The minimum atomic E-state index is -0.472. The molecule has 1 aromatic carbocycles. The number of benzene rings is 1. The van der Waals surface area contributed by atoms with Crippen LogP contribution in [0.2, 0.25) is 0 Å². The summed E-state index contributed by atoms with van der Waals surface area (Å²) in [5.74, 6) is 0.0413. The van der Waals surface area contributed by atoms with Gasteiger partial charge in [0.15, 0.2) is 0 Å². The Kier molecular flexibility index (Phi) is 4.79. The first-order valence-corrected chi connectivity index (χ1v) is 7.26. The monoisotopic (exact) mass is 273 g/mol. The highest BCUT2D eigenvalue weighted by Gasteiger charge is 2.20. The van der Waals surface area contributed by atoms with Crippen molar-refractivity contribution in [2.45, 2.75) is 32.7 Å². The highest BCUT2D eigenvalue weighted by molar-refractivity contribution is 5.86. The van der Waals surface area contributed by atoms with Gasteiger partial charge >= 0.3 is 0 Å². The lowest BCUT2D eigenvalue weighted by Gasteiger charge is -2.23. The number of amides is 1. The molecular formula is C16H23N3O. The van der Waals surface area contributed by atoms with E-state index in [-0.39, 0.29) is 5.91 Å². The summed E-state index contributed by atoms with van der Waals surface area (Å²) in [5.41, 5.74) is 8.29. The second-order valence-electron chi connectivity index (χ2n) is 5.09. The highest BCUT2D eigenvalue weighted by Crippen LogP contribution is 2.19. The van der Waals surface area contributed by atoms with Gasteiger partial charge in [-0.15, -0.1) is 0 Å². The lowest BCUT2D eigenvalue weighted by atomic mass is 10.0. The maximum atomic E-state index is 12.3. The van der Waals surface area contributed by atoms with E-state index in [1.165, 1.54) is 0 Å². The van der Waals surface area contributed by atoms with Crippen molar-refractivity contribution in [1.82, 2.24) is 9.88 Å². The number of aromatic amines is 1. The van der Waals surface area contributed by atoms with Crippen molar-refractivity contribution in [2.75, 3.05) is 13.1 Å². The predicted octanol–water partition coefficient (Wildman–Crippen LogP) is 2.30. The van der Waals surface area contributed by atoms with Gasteiger partial charge in [0.1, 0.15) is 0 Å². The van der Waals surface area contributed by atoms with Crippen LogP contribution in [0.1, 0.15) is 25.8 Å². The van der Waals surface area contributed by atoms with Crippen LogP contribution in [0.3, 0.4) is 0 Å². The molecule has 2 aromatic rings. The van der Waals surface area contributed by atoms with Crippen molar-refractivity contribution in [3.05, 3.63) is 36.0 Å². The molecule has 1 heterocycles. The first kappa shape index (κ1) is 14.6. The van der Waals surface area contributed by atoms with E-state index < -0.39 is 6.04 Å². The van der Waals surface area contributed by atoms with Crippen molar-refractivity contribution in [3.63, 3.8) is 0 Å². The van der Waals surface area contributed by atoms with E-state index in [0.29, 0.717) is 13.0 Å². The Bertz CT molecular complexity index is 576. The van der Waals surface area contributed by atoms with Gasteiger partial charge in [0.05, 0.1) is 6.04 Å². The smallest absolute Gasteiger partial charge is 0.239 e. The second kappa shape index (κ2) is 6.57. The maximum absolute atomic E-state index is 12.3. The lowest BCUT2D eigenvalue weighted by Crippen LogP contribution is -2.45. The number of para-hydroxylation sites is 1. The summed E-state index contributed by atoms with van der Waals surface area (Å²) < 4.78 is 0. The Morgan fingerprint density at radius 3 is 2.80 bits per heavy atom. The number of hydrogen-bond acceptors (Lipinski definition) is 2. The number of rotatable bonds is 6. The normalized spacial score (nSPS) is 12.6. The highest BCUT2D eigenvalue weighted by atomic mass is 16.2. The third-order valence-electron chi connectivity index (χ3n) is 3.62. The van der Waals surface area contributed by atoms with Gasteiger partial charge < -0.3 is 15.6 Å². The Labute approximate surface area is 120 Å². The van der Waals surface area contributed by atoms with Gasteiger partial charge in [-0.25, -0.2) is 0 Å². The van der Waals surface area contributed by atoms with E-state index >= 15 is 0 Å². The molecule has 1 unspecified atom stereocenters. The van der Waals surface area contributed by atoms with Gasteiger partial charge in [-0.2, -0.15) is 0 Å². The largest absolute Gasteiger partial charge is 0.361 e. The zero-order valence-electron chi connectivity index (χ0n) is 12.2. The average molecular weight is 273 g/mol. The number of nitrogens with two attached hydrogens (primary N) is 1. The SMILES string of the molecule is CCCN(CC)C(=O)C(N)Cc1c[nH]c2ccccc12. The molecule has 2 rings (SSSR count). The van der Waals surface area contributed by atoms with E-state index in [0.717, 1.165) is 29.4 Å². The Morgan fingerprint density at radius 2 is 2.10 bits per heavy atom. The van der Waals surface area contributed by atoms with Crippen LogP contribution in [0.25, 0.3) is 10.9 Å². The predicted molar refractivity (Wildman–Crippen MR) is 82.5 cm³/mol. The van der Waals surface area contributed by atoms with Gasteiger partial charge in [0.2, 0.25) is 5.91 Å². The Hall–Kier alpha value is -1.81. The summed E-state index contributed by atoms with van der Waals surface area (Å²) in [6.45, 7) is 5.55. The van der Waals surface area contributed by atoms with Crippen LogP contribution in [0.4, 0.5) is 0 Å². The van der Waals surface area contributed by atoms with E-state index in [9.17, 15) is 4.79 Å². The molecule has 0 aliphatic carbocycles. The summed E-state index contributed by atoms with van der Waals surface area (Å²) in [5, 5.41) is 1.15. The first-order valence-electron chi connectivity index (χ1n) is 7.26. The molecular weight excluding hydrogens is 250 g/mol. The Morgan fingerprint density at radius 1 is 1.35 bits per heavy atom. The topological polar surface area (TPSA) is 62.1 Å². The molecule has 0 radical (unpaired) electrons. The number of nitrogens with zero attached hydrogens (tertiary/aromatic N) is 1. The number of hydrogen-bond donors (Lipinski definition) is 2. The fourth-order valence-corrected chi connectivity index (χ4v) is 2.55. The molecule has 0 bridgehead atoms. The standard InChI is InChI=1S/C16H23N3O/c1-3-9-19(4-2)16(20)14(17)10-12-11-18-15-8-6-5-7-13(12)15/h5-8,11,14,18H,3-4,9-10,17H2,1-2H3. The fraction of sp³-hybridized carbons (Fsp3) is 0.438. The molecule has 0 aliphatic heterocycles. The number of aromatic nitrogens is 1. The van der Waals surface area contributed by atoms with Crippen LogP contribution in [-0.4, -0.2) is 34.9 Å². The van der Waals surface area contributed by atoms with Crippen LogP contribution in [0.15, 0.2) is 30.5 Å². The molecule has 108 valence electrons. The molecule has 0 saturated heterocycles. The number of H-pyrrole nitrogens is 1. The number of carbonyl (C=O) groups excluding carboxylic acids is 1. The summed E-state index contributed by atoms with van der Waals surface area (Å²) in [4.78, 5) is 17.4. The van der Waals surface area contributed by atoms with Crippen molar-refractivity contribution in [1.29, 1.82) is 0 Å². The van der Waals surface area contributed by atoms with Crippen molar-refractivity contribution in [3.8, 4) is 0 Å². The lowest BCUT2D eigenvalue weighted by molar-refractivity contribution is -0.132. The van der Waals surface area contributed by atoms with Gasteiger partial charge in [0, 0.05) is 30.2 Å². The quantitative estimate of drug-likeness (QED) is 0.848. The number of nitrogens with one attached hydrogen (secondary N) is 1. The molecule has 0 spiro atoms. The fourth-order valence-electron chi connectivity index (χ4n) is 2.55. The Balaban J connectivity index is 2.11. The molecule has 0 aliphatic rings. The number of carbonyl (C=O) groups is 1.